The van der Waals surface area contributed by atoms with E-state index < -0.39 is 21.7 Å². The Morgan fingerprint density at radius 3 is 2.27 bits per heavy atom. The third-order valence-electron chi connectivity index (χ3n) is 4.20. The van der Waals surface area contributed by atoms with Gasteiger partial charge in [-0.05, 0) is 66.6 Å². The van der Waals surface area contributed by atoms with E-state index in [-0.39, 0.29) is 21.2 Å². The topological polar surface area (TPSA) is 75.3 Å². The molecule has 0 aromatic heterocycles. The van der Waals surface area contributed by atoms with Crippen molar-refractivity contribution in [1.82, 2.24) is 5.32 Å². The summed E-state index contributed by atoms with van der Waals surface area (Å²) >= 11 is 11.9. The summed E-state index contributed by atoms with van der Waals surface area (Å²) in [5.41, 5.74) is 1.22. The van der Waals surface area contributed by atoms with Crippen LogP contribution < -0.4 is 10.0 Å². The standard InChI is InChI=1S/C21H17Cl2FN2O3S/c22-15-3-1-14(2-4-15)11-12-25-21(27)19-13-18(9-10-20(19)23)30(28,29)26-17-7-5-16(24)6-8-17/h1-10,13,26H,11-12H2,(H,25,27). The molecule has 0 atom stereocenters. The molecule has 9 heteroatoms. The van der Waals surface area contributed by atoms with Crippen LogP contribution in [0.25, 0.3) is 0 Å². The minimum Gasteiger partial charge on any atom is -0.352 e. The molecule has 0 spiro atoms. The van der Waals surface area contributed by atoms with E-state index in [1.807, 2.05) is 12.1 Å². The van der Waals surface area contributed by atoms with Crippen molar-refractivity contribution in [3.63, 3.8) is 0 Å². The fourth-order valence-corrected chi connectivity index (χ4v) is 4.06. The van der Waals surface area contributed by atoms with E-state index in [9.17, 15) is 17.6 Å². The van der Waals surface area contributed by atoms with E-state index in [2.05, 4.69) is 10.0 Å². The van der Waals surface area contributed by atoms with Crippen molar-refractivity contribution in [3.8, 4) is 0 Å². The van der Waals surface area contributed by atoms with Crippen molar-refractivity contribution in [2.24, 2.45) is 0 Å². The van der Waals surface area contributed by atoms with Crippen LogP contribution in [0.4, 0.5) is 10.1 Å². The number of sulfonamides is 1. The molecule has 0 aliphatic rings. The minimum atomic E-state index is -3.99. The maximum absolute atomic E-state index is 13.0. The number of hydrogen-bond acceptors (Lipinski definition) is 3. The van der Waals surface area contributed by atoms with Gasteiger partial charge in [0.15, 0.2) is 0 Å². The van der Waals surface area contributed by atoms with Crippen molar-refractivity contribution in [1.29, 1.82) is 0 Å². The number of nitrogens with one attached hydrogen (secondary N) is 2. The van der Waals surface area contributed by atoms with Gasteiger partial charge in [0.05, 0.1) is 15.5 Å². The van der Waals surface area contributed by atoms with Crippen LogP contribution in [0, 0.1) is 5.82 Å². The summed E-state index contributed by atoms with van der Waals surface area (Å²) in [6.45, 7) is 0.335. The Hall–Kier alpha value is -2.61. The highest BCUT2D eigenvalue weighted by atomic mass is 35.5. The van der Waals surface area contributed by atoms with Gasteiger partial charge in [-0.1, -0.05) is 35.3 Å². The van der Waals surface area contributed by atoms with Crippen molar-refractivity contribution < 1.29 is 17.6 Å². The summed E-state index contributed by atoms with van der Waals surface area (Å²) in [6, 6.07) is 15.9. The van der Waals surface area contributed by atoms with Crippen LogP contribution in [-0.2, 0) is 16.4 Å². The molecule has 2 N–H and O–H groups in total. The van der Waals surface area contributed by atoms with Gasteiger partial charge in [-0.3, -0.25) is 9.52 Å². The predicted octanol–water partition coefficient (Wildman–Crippen LogP) is 4.91. The van der Waals surface area contributed by atoms with Gasteiger partial charge in [-0.2, -0.15) is 0 Å². The van der Waals surface area contributed by atoms with Crippen LogP contribution in [0.3, 0.4) is 0 Å². The molecular formula is C21H17Cl2FN2O3S. The van der Waals surface area contributed by atoms with E-state index in [4.69, 9.17) is 23.2 Å². The van der Waals surface area contributed by atoms with E-state index in [0.717, 1.165) is 17.7 Å². The molecule has 0 saturated carbocycles. The Balaban J connectivity index is 1.71. The van der Waals surface area contributed by atoms with Crippen LogP contribution in [0.2, 0.25) is 10.0 Å². The fourth-order valence-electron chi connectivity index (χ4n) is 2.64. The SMILES string of the molecule is O=C(NCCc1ccc(Cl)cc1)c1cc(S(=O)(=O)Nc2ccc(F)cc2)ccc1Cl. The number of carbonyl (C=O) groups excluding carboxylic acids is 1. The lowest BCUT2D eigenvalue weighted by Gasteiger charge is -2.11. The highest BCUT2D eigenvalue weighted by molar-refractivity contribution is 7.92. The molecule has 0 aliphatic heterocycles. The molecule has 0 fully saturated rings. The molecule has 0 aliphatic carbocycles. The number of carbonyl (C=O) groups is 1. The summed E-state index contributed by atoms with van der Waals surface area (Å²) in [6.07, 6.45) is 0.574. The quantitative estimate of drug-likeness (QED) is 0.519. The molecule has 3 rings (SSSR count). The Morgan fingerprint density at radius 2 is 1.60 bits per heavy atom. The third kappa shape index (κ3) is 5.72. The maximum atomic E-state index is 13.0. The highest BCUT2D eigenvalue weighted by Crippen LogP contribution is 2.23. The number of hydrogen-bond donors (Lipinski definition) is 2. The van der Waals surface area contributed by atoms with Gasteiger partial charge in [0, 0.05) is 17.3 Å². The number of halogens is 3. The second-order valence-electron chi connectivity index (χ2n) is 6.39. The molecule has 3 aromatic carbocycles. The van der Waals surface area contributed by atoms with Gasteiger partial charge >= 0.3 is 0 Å². The average molecular weight is 467 g/mol. The second-order valence-corrected chi connectivity index (χ2v) is 8.91. The Morgan fingerprint density at radius 1 is 0.933 bits per heavy atom. The normalized spacial score (nSPS) is 11.2. The average Bonchev–Trinajstić information content (AvgIpc) is 2.71. The van der Waals surface area contributed by atoms with Crippen molar-refractivity contribution in [2.75, 3.05) is 11.3 Å². The van der Waals surface area contributed by atoms with Crippen LogP contribution in [0.1, 0.15) is 15.9 Å². The van der Waals surface area contributed by atoms with Crippen LogP contribution in [0.5, 0.6) is 0 Å². The van der Waals surface area contributed by atoms with Gasteiger partial charge in [0.25, 0.3) is 15.9 Å². The van der Waals surface area contributed by atoms with Crippen molar-refractivity contribution >= 4 is 44.8 Å². The fraction of sp³-hybridized carbons (Fsp3) is 0.0952. The van der Waals surface area contributed by atoms with Gasteiger partial charge in [-0.15, -0.1) is 0 Å². The highest BCUT2D eigenvalue weighted by Gasteiger charge is 2.19. The van der Waals surface area contributed by atoms with Gasteiger partial charge in [-0.25, -0.2) is 12.8 Å². The number of benzene rings is 3. The zero-order valence-electron chi connectivity index (χ0n) is 15.5. The zero-order valence-corrected chi connectivity index (χ0v) is 17.9. The molecule has 156 valence electrons. The Kier molecular flexibility index (Phi) is 6.97. The second kappa shape index (κ2) is 9.47. The zero-order chi connectivity index (χ0) is 21.7. The molecule has 0 heterocycles. The molecule has 5 nitrogen and oxygen atoms in total. The first-order valence-corrected chi connectivity index (χ1v) is 11.1. The Labute approximate surface area is 183 Å². The Bertz CT molecular complexity index is 1150. The minimum absolute atomic E-state index is 0.0368. The summed E-state index contributed by atoms with van der Waals surface area (Å²) in [4.78, 5) is 12.4. The van der Waals surface area contributed by atoms with E-state index in [1.165, 1.54) is 30.3 Å². The predicted molar refractivity (Wildman–Crippen MR) is 116 cm³/mol. The van der Waals surface area contributed by atoms with Gasteiger partial charge < -0.3 is 5.32 Å². The smallest absolute Gasteiger partial charge is 0.261 e. The monoisotopic (exact) mass is 466 g/mol. The molecule has 0 unspecified atom stereocenters. The molecular weight excluding hydrogens is 450 g/mol. The number of amides is 1. The van der Waals surface area contributed by atoms with Crippen LogP contribution >= 0.6 is 23.2 Å². The molecule has 0 saturated heterocycles. The largest absolute Gasteiger partial charge is 0.352 e. The number of rotatable bonds is 7. The van der Waals surface area contributed by atoms with Crippen molar-refractivity contribution in [3.05, 3.63) is 93.7 Å². The van der Waals surface area contributed by atoms with Gasteiger partial charge in [0.2, 0.25) is 0 Å². The maximum Gasteiger partial charge on any atom is 0.261 e. The third-order valence-corrected chi connectivity index (χ3v) is 6.16. The van der Waals surface area contributed by atoms with Crippen LogP contribution in [0.15, 0.2) is 71.6 Å². The van der Waals surface area contributed by atoms with Crippen molar-refractivity contribution in [2.45, 2.75) is 11.3 Å². The molecule has 0 radical (unpaired) electrons. The summed E-state index contributed by atoms with van der Waals surface area (Å²) in [7, 11) is -3.99. The molecule has 1 amide bonds. The first-order chi connectivity index (χ1) is 14.2. The summed E-state index contributed by atoms with van der Waals surface area (Å²) < 4.78 is 40.6. The lowest BCUT2D eigenvalue weighted by Crippen LogP contribution is -2.26. The van der Waals surface area contributed by atoms with E-state index >= 15 is 0 Å². The first kappa shape index (κ1) is 22.1. The molecule has 0 bridgehead atoms. The van der Waals surface area contributed by atoms with Gasteiger partial charge in [0.1, 0.15) is 5.82 Å². The summed E-state index contributed by atoms with van der Waals surface area (Å²) in [5.74, 6) is -0.977. The summed E-state index contributed by atoms with van der Waals surface area (Å²) in [5, 5.41) is 3.48. The van der Waals surface area contributed by atoms with Crippen LogP contribution in [-0.4, -0.2) is 20.9 Å². The lowest BCUT2D eigenvalue weighted by atomic mass is 10.1. The number of anilines is 1. The first-order valence-electron chi connectivity index (χ1n) is 8.85. The lowest BCUT2D eigenvalue weighted by molar-refractivity contribution is 0.0954. The van der Waals surface area contributed by atoms with E-state index in [0.29, 0.717) is 18.0 Å². The molecule has 30 heavy (non-hydrogen) atoms. The molecule has 3 aromatic rings. The van der Waals surface area contributed by atoms with E-state index in [1.54, 1.807) is 12.1 Å².